The molecule has 2 heterocycles. The minimum Gasteiger partial charge on any atom is -0.463 e. The maximum Gasteiger partial charge on any atom is 0.345 e. The zero-order valence-electron chi connectivity index (χ0n) is 17.7. The number of urea groups is 1. The smallest absolute Gasteiger partial charge is 0.345 e. The molecule has 0 saturated heterocycles. The van der Waals surface area contributed by atoms with Gasteiger partial charge < -0.3 is 4.74 Å². The molecule has 0 aliphatic carbocycles. The third-order valence-electron chi connectivity index (χ3n) is 5.13. The number of nitriles is 2. The maximum absolute atomic E-state index is 13.4. The molecule has 0 saturated carbocycles. The van der Waals surface area contributed by atoms with Crippen molar-refractivity contribution in [1.82, 2.24) is 14.8 Å². The number of alkyl halides is 1. The van der Waals surface area contributed by atoms with Gasteiger partial charge in [-0.15, -0.1) is 0 Å². The van der Waals surface area contributed by atoms with Crippen LogP contribution < -0.4 is 9.64 Å². The van der Waals surface area contributed by atoms with Gasteiger partial charge in [0.15, 0.2) is 0 Å². The van der Waals surface area contributed by atoms with Crippen LogP contribution in [0, 0.1) is 22.7 Å². The van der Waals surface area contributed by atoms with E-state index in [1.807, 2.05) is 12.1 Å². The molecule has 1 atom stereocenters. The van der Waals surface area contributed by atoms with Gasteiger partial charge in [0.2, 0.25) is 6.86 Å². The first-order valence-electron chi connectivity index (χ1n) is 10.1. The van der Waals surface area contributed by atoms with E-state index in [1.165, 1.54) is 28.2 Å². The highest BCUT2D eigenvalue weighted by Gasteiger charge is 2.35. The summed E-state index contributed by atoms with van der Waals surface area (Å²) in [4.78, 5) is 14.7. The van der Waals surface area contributed by atoms with Crippen molar-refractivity contribution >= 4 is 29.0 Å². The van der Waals surface area contributed by atoms with Crippen molar-refractivity contribution in [2.45, 2.75) is 6.04 Å². The maximum atomic E-state index is 13.4. The molecule has 0 radical (unpaired) electrons. The number of nitrogens with zero attached hydrogens (tertiary/aromatic N) is 7. The van der Waals surface area contributed by atoms with Gasteiger partial charge in [0.25, 0.3) is 0 Å². The van der Waals surface area contributed by atoms with Crippen LogP contribution in [-0.4, -0.2) is 46.5 Å². The van der Waals surface area contributed by atoms with E-state index in [0.29, 0.717) is 27.7 Å². The second-order valence-electron chi connectivity index (χ2n) is 7.19. The van der Waals surface area contributed by atoms with Crippen molar-refractivity contribution in [2.24, 2.45) is 5.10 Å². The number of hydrogen-bond acceptors (Lipinski definition) is 6. The topological polar surface area (TPSA) is 111 Å². The van der Waals surface area contributed by atoms with Crippen LogP contribution in [-0.2, 0) is 0 Å². The summed E-state index contributed by atoms with van der Waals surface area (Å²) in [6, 6.07) is 16.2. The molecule has 3 aromatic rings. The number of anilines is 1. The minimum atomic E-state index is -0.974. The Morgan fingerprint density at radius 2 is 1.94 bits per heavy atom. The van der Waals surface area contributed by atoms with E-state index in [0.717, 1.165) is 5.56 Å². The molecule has 0 spiro atoms. The molecule has 170 valence electrons. The summed E-state index contributed by atoms with van der Waals surface area (Å²) in [7, 11) is 0. The van der Waals surface area contributed by atoms with Crippen molar-refractivity contribution in [3.63, 3.8) is 0 Å². The van der Waals surface area contributed by atoms with E-state index in [1.54, 1.807) is 47.3 Å². The molecule has 2 amide bonds. The van der Waals surface area contributed by atoms with Gasteiger partial charge in [0, 0.05) is 22.5 Å². The fourth-order valence-electron chi connectivity index (χ4n) is 3.52. The Balaban J connectivity index is 1.67. The first-order chi connectivity index (χ1) is 16.5. The molecule has 11 heteroatoms. The Morgan fingerprint density at radius 3 is 2.56 bits per heavy atom. The fourth-order valence-corrected chi connectivity index (χ4v) is 3.65. The van der Waals surface area contributed by atoms with Crippen LogP contribution in [0.15, 0.2) is 66.0 Å². The first kappa shape index (κ1) is 22.8. The van der Waals surface area contributed by atoms with Gasteiger partial charge >= 0.3 is 6.03 Å². The molecule has 2 aromatic carbocycles. The summed E-state index contributed by atoms with van der Waals surface area (Å²) < 4.78 is 18.8. The Hall–Kier alpha value is -4.41. The number of rotatable bonds is 6. The minimum absolute atomic E-state index is 0.133. The summed E-state index contributed by atoms with van der Waals surface area (Å²) in [6.45, 7) is -1.07. The molecule has 1 unspecified atom stereocenters. The fraction of sp³-hybridized carbons (Fsp3) is 0.174. The molecule has 0 fully saturated rings. The van der Waals surface area contributed by atoms with Gasteiger partial charge in [0.1, 0.15) is 24.4 Å². The Bertz CT molecular complexity index is 1290. The largest absolute Gasteiger partial charge is 0.463 e. The summed E-state index contributed by atoms with van der Waals surface area (Å²) in [6.07, 6.45) is 3.02. The van der Waals surface area contributed by atoms with Crippen LogP contribution in [0.4, 0.5) is 14.9 Å². The molecule has 0 N–H and O–H groups in total. The molecule has 34 heavy (non-hydrogen) atoms. The van der Waals surface area contributed by atoms with Crippen LogP contribution in [0.2, 0.25) is 5.02 Å². The number of hydrogen-bond donors (Lipinski definition) is 0. The molecule has 1 aliphatic rings. The number of amides is 2. The Kier molecular flexibility index (Phi) is 6.72. The predicted molar refractivity (Wildman–Crippen MR) is 122 cm³/mol. The molecular formula is C23H17ClFN7O2. The molecule has 9 nitrogen and oxygen atoms in total. The van der Waals surface area contributed by atoms with Gasteiger partial charge in [-0.25, -0.2) is 14.2 Å². The van der Waals surface area contributed by atoms with Gasteiger partial charge in [-0.1, -0.05) is 23.7 Å². The standard InChI is InChI=1S/C23H17ClFN7O2/c24-18-3-1-17(2-4-18)22-21(31-13-16(11-27)12-28-31)14-32(29-22)23(33)30(10-9-26)19-5-7-20(8-6-19)34-15-25/h1-8,12-13,21H,10,14-15H2. The normalized spacial score (nSPS) is 14.8. The highest BCUT2D eigenvalue weighted by atomic mass is 35.5. The molecule has 4 rings (SSSR count). The Morgan fingerprint density at radius 1 is 1.21 bits per heavy atom. The van der Waals surface area contributed by atoms with E-state index in [4.69, 9.17) is 16.3 Å². The predicted octanol–water partition coefficient (Wildman–Crippen LogP) is 4.13. The first-order valence-corrected chi connectivity index (χ1v) is 10.5. The number of aromatic nitrogens is 2. The second-order valence-corrected chi connectivity index (χ2v) is 7.62. The molecule has 1 aromatic heterocycles. The number of hydrazone groups is 1. The lowest BCUT2D eigenvalue weighted by atomic mass is 10.0. The van der Waals surface area contributed by atoms with E-state index in [2.05, 4.69) is 10.2 Å². The summed E-state index contributed by atoms with van der Waals surface area (Å²) in [5.41, 5.74) is 2.09. The van der Waals surface area contributed by atoms with Crippen molar-refractivity contribution in [3.05, 3.63) is 77.1 Å². The van der Waals surface area contributed by atoms with Crippen LogP contribution in [0.25, 0.3) is 0 Å². The third-order valence-corrected chi connectivity index (χ3v) is 5.38. The molecule has 1 aliphatic heterocycles. The second kappa shape index (κ2) is 10.0. The van der Waals surface area contributed by atoms with Gasteiger partial charge in [-0.05, 0) is 36.4 Å². The number of carbonyl (C=O) groups excluding carboxylic acids is 1. The number of ether oxygens (including phenoxy) is 1. The van der Waals surface area contributed by atoms with Gasteiger partial charge in [-0.3, -0.25) is 9.58 Å². The van der Waals surface area contributed by atoms with E-state index >= 15 is 0 Å². The van der Waals surface area contributed by atoms with Crippen molar-refractivity contribution in [3.8, 4) is 17.9 Å². The van der Waals surface area contributed by atoms with Crippen LogP contribution >= 0.6 is 11.6 Å². The number of benzene rings is 2. The van der Waals surface area contributed by atoms with Gasteiger partial charge in [-0.2, -0.15) is 20.7 Å². The highest BCUT2D eigenvalue weighted by molar-refractivity contribution is 6.30. The van der Waals surface area contributed by atoms with Crippen LogP contribution in [0.3, 0.4) is 0 Å². The third kappa shape index (κ3) is 4.68. The average molecular weight is 478 g/mol. The number of carbonyl (C=O) groups is 1. The summed E-state index contributed by atoms with van der Waals surface area (Å²) in [5, 5.41) is 29.1. The van der Waals surface area contributed by atoms with Crippen LogP contribution in [0.5, 0.6) is 5.75 Å². The lowest BCUT2D eigenvalue weighted by molar-refractivity contribution is 0.191. The lowest BCUT2D eigenvalue weighted by Crippen LogP contribution is -2.41. The SMILES string of the molecule is N#CCN(C(=O)N1CC(n2cc(C#N)cn2)C(c2ccc(Cl)cc2)=N1)c1ccc(OCF)cc1. The van der Waals surface area contributed by atoms with E-state index in [9.17, 15) is 19.7 Å². The van der Waals surface area contributed by atoms with Crippen molar-refractivity contribution in [1.29, 1.82) is 10.5 Å². The van der Waals surface area contributed by atoms with E-state index in [-0.39, 0.29) is 13.1 Å². The summed E-state index contributed by atoms with van der Waals surface area (Å²) >= 11 is 6.02. The highest BCUT2D eigenvalue weighted by Crippen LogP contribution is 2.28. The van der Waals surface area contributed by atoms with Crippen molar-refractivity contribution < 1.29 is 13.9 Å². The Labute approximate surface area is 199 Å². The lowest BCUT2D eigenvalue weighted by Gasteiger charge is -2.24. The summed E-state index contributed by atoms with van der Waals surface area (Å²) in [5.74, 6) is 0.298. The zero-order valence-corrected chi connectivity index (χ0v) is 18.4. The number of halogens is 2. The molecule has 0 bridgehead atoms. The van der Waals surface area contributed by atoms with Gasteiger partial charge in [0.05, 0.1) is 30.1 Å². The zero-order chi connectivity index (χ0) is 24.1. The van der Waals surface area contributed by atoms with Crippen molar-refractivity contribution in [2.75, 3.05) is 24.9 Å². The molecular weight excluding hydrogens is 461 g/mol. The van der Waals surface area contributed by atoms with Crippen LogP contribution in [0.1, 0.15) is 17.2 Å². The monoisotopic (exact) mass is 477 g/mol. The average Bonchev–Trinajstić information content (AvgIpc) is 3.51. The quantitative estimate of drug-likeness (QED) is 0.496. The van der Waals surface area contributed by atoms with E-state index < -0.39 is 18.9 Å².